The van der Waals surface area contributed by atoms with Crippen molar-refractivity contribution in [1.29, 1.82) is 0 Å². The van der Waals surface area contributed by atoms with Crippen molar-refractivity contribution >= 4 is 29.0 Å². The normalized spacial score (nSPS) is 15.0. The molecule has 0 saturated carbocycles. The number of hydrogen-bond acceptors (Lipinski definition) is 4. The summed E-state index contributed by atoms with van der Waals surface area (Å²) < 4.78 is 11.4. The first kappa shape index (κ1) is 22.5. The number of carbonyl (C=O) groups is 2. The second-order valence-electron chi connectivity index (χ2n) is 8.70. The monoisotopic (exact) mass is 425 g/mol. The number of nitrogens with one attached hydrogen (secondary N) is 2. The molecule has 1 aliphatic heterocycles. The number of urea groups is 1. The quantitative estimate of drug-likeness (QED) is 0.672. The molecule has 31 heavy (non-hydrogen) atoms. The van der Waals surface area contributed by atoms with E-state index in [9.17, 15) is 9.59 Å². The van der Waals surface area contributed by atoms with Crippen LogP contribution >= 0.6 is 0 Å². The lowest BCUT2D eigenvalue weighted by molar-refractivity contribution is -0.127. The minimum Gasteiger partial charge on any atom is -0.494 e. The van der Waals surface area contributed by atoms with Crippen molar-refractivity contribution in [3.63, 3.8) is 0 Å². The lowest BCUT2D eigenvalue weighted by Crippen LogP contribution is -2.43. The molecule has 0 saturated heterocycles. The van der Waals surface area contributed by atoms with Gasteiger partial charge in [-0.05, 0) is 63.1 Å². The maximum atomic E-state index is 13.1. The first-order chi connectivity index (χ1) is 14.7. The number of amides is 3. The zero-order chi connectivity index (χ0) is 22.6. The van der Waals surface area contributed by atoms with Gasteiger partial charge in [0.15, 0.2) is 0 Å². The molecule has 2 aromatic rings. The van der Waals surface area contributed by atoms with E-state index in [2.05, 4.69) is 24.5 Å². The highest BCUT2D eigenvalue weighted by molar-refractivity contribution is 6.02. The van der Waals surface area contributed by atoms with Crippen LogP contribution < -0.4 is 25.0 Å². The fraction of sp³-hybridized carbons (Fsp3) is 0.417. The van der Waals surface area contributed by atoms with E-state index in [1.807, 2.05) is 26.8 Å². The molecule has 7 heteroatoms. The minimum absolute atomic E-state index is 0.0360. The molecule has 0 aliphatic carbocycles. The number of ether oxygens (including phenoxy) is 2. The van der Waals surface area contributed by atoms with Gasteiger partial charge in [-0.25, -0.2) is 4.79 Å². The van der Waals surface area contributed by atoms with E-state index >= 15 is 0 Å². The summed E-state index contributed by atoms with van der Waals surface area (Å²) in [5, 5.41) is 5.62. The van der Waals surface area contributed by atoms with Gasteiger partial charge in [-0.1, -0.05) is 13.8 Å². The van der Waals surface area contributed by atoms with Gasteiger partial charge in [0.1, 0.15) is 18.1 Å². The third kappa shape index (κ3) is 5.48. The van der Waals surface area contributed by atoms with Crippen LogP contribution in [0.5, 0.6) is 11.5 Å². The molecule has 0 aromatic heterocycles. The highest BCUT2D eigenvalue weighted by Gasteiger charge is 2.38. The molecule has 1 heterocycles. The SMILES string of the molecule is CCOc1ccc(NC(=O)Nc2ccc3c(c2)OCC(C)(C)C(=O)N3CC(C)C)cc1. The Labute approximate surface area is 183 Å². The number of rotatable bonds is 6. The Morgan fingerprint density at radius 3 is 2.42 bits per heavy atom. The van der Waals surface area contributed by atoms with E-state index in [0.29, 0.717) is 36.2 Å². The van der Waals surface area contributed by atoms with E-state index in [-0.39, 0.29) is 18.5 Å². The lowest BCUT2D eigenvalue weighted by Gasteiger charge is -2.29. The van der Waals surface area contributed by atoms with Gasteiger partial charge in [-0.3, -0.25) is 4.79 Å². The zero-order valence-electron chi connectivity index (χ0n) is 18.8. The summed E-state index contributed by atoms with van der Waals surface area (Å²) in [6, 6.07) is 12.2. The van der Waals surface area contributed by atoms with E-state index in [1.54, 1.807) is 41.3 Å². The molecule has 0 bridgehead atoms. The van der Waals surface area contributed by atoms with Gasteiger partial charge < -0.3 is 25.0 Å². The summed E-state index contributed by atoms with van der Waals surface area (Å²) in [7, 11) is 0. The van der Waals surface area contributed by atoms with Gasteiger partial charge >= 0.3 is 6.03 Å². The molecule has 3 rings (SSSR count). The van der Waals surface area contributed by atoms with E-state index in [1.165, 1.54) is 0 Å². The van der Waals surface area contributed by atoms with Crippen molar-refractivity contribution in [2.45, 2.75) is 34.6 Å². The summed E-state index contributed by atoms with van der Waals surface area (Å²) in [5.74, 6) is 1.68. The molecule has 1 aliphatic rings. The van der Waals surface area contributed by atoms with Crippen molar-refractivity contribution in [3.8, 4) is 11.5 Å². The molecule has 7 nitrogen and oxygen atoms in total. The van der Waals surface area contributed by atoms with E-state index in [0.717, 1.165) is 11.4 Å². The molecule has 0 radical (unpaired) electrons. The molecule has 2 aromatic carbocycles. The van der Waals surface area contributed by atoms with Crippen molar-refractivity contribution in [1.82, 2.24) is 0 Å². The molecule has 0 atom stereocenters. The van der Waals surface area contributed by atoms with Gasteiger partial charge in [0.05, 0.1) is 17.7 Å². The van der Waals surface area contributed by atoms with Crippen LogP contribution in [0, 0.1) is 11.3 Å². The van der Waals surface area contributed by atoms with Crippen LogP contribution in [0.25, 0.3) is 0 Å². The molecule has 3 amide bonds. The lowest BCUT2D eigenvalue weighted by atomic mass is 9.92. The predicted octanol–water partition coefficient (Wildman–Crippen LogP) is 5.14. The Morgan fingerprint density at radius 2 is 1.77 bits per heavy atom. The Kier molecular flexibility index (Phi) is 6.73. The van der Waals surface area contributed by atoms with Crippen molar-refractivity contribution in [3.05, 3.63) is 42.5 Å². The average molecular weight is 426 g/mol. The molecule has 0 spiro atoms. The number of fused-ring (bicyclic) bond motifs is 1. The van der Waals surface area contributed by atoms with E-state index in [4.69, 9.17) is 9.47 Å². The minimum atomic E-state index is -0.632. The van der Waals surface area contributed by atoms with E-state index < -0.39 is 5.41 Å². The number of hydrogen-bond donors (Lipinski definition) is 2. The Bertz CT molecular complexity index is 938. The van der Waals surface area contributed by atoms with Gasteiger partial charge in [-0.15, -0.1) is 0 Å². The number of benzene rings is 2. The Balaban J connectivity index is 1.75. The first-order valence-corrected chi connectivity index (χ1v) is 10.6. The van der Waals surface area contributed by atoms with Gasteiger partial charge in [-0.2, -0.15) is 0 Å². The van der Waals surface area contributed by atoms with Crippen molar-refractivity contribution < 1.29 is 19.1 Å². The first-order valence-electron chi connectivity index (χ1n) is 10.6. The summed E-state index contributed by atoms with van der Waals surface area (Å²) in [6.45, 7) is 11.3. The number of carbonyl (C=O) groups excluding carboxylic acids is 2. The molecular formula is C24H31N3O4. The fourth-order valence-electron chi connectivity index (χ4n) is 3.37. The third-order valence-corrected chi connectivity index (χ3v) is 4.89. The molecule has 2 N–H and O–H groups in total. The Hall–Kier alpha value is -3.22. The van der Waals surface area contributed by atoms with Crippen LogP contribution in [-0.4, -0.2) is 31.7 Å². The zero-order valence-corrected chi connectivity index (χ0v) is 18.8. The third-order valence-electron chi connectivity index (χ3n) is 4.89. The van der Waals surface area contributed by atoms with Crippen LogP contribution in [0.15, 0.2) is 42.5 Å². The summed E-state index contributed by atoms with van der Waals surface area (Å²) in [5.41, 5.74) is 1.33. The maximum absolute atomic E-state index is 13.1. The van der Waals surface area contributed by atoms with Gasteiger partial charge in [0.2, 0.25) is 5.91 Å². The second kappa shape index (κ2) is 9.29. The van der Waals surface area contributed by atoms with Crippen LogP contribution in [0.1, 0.15) is 34.6 Å². The molecular weight excluding hydrogens is 394 g/mol. The highest BCUT2D eigenvalue weighted by atomic mass is 16.5. The fourth-order valence-corrected chi connectivity index (χ4v) is 3.37. The summed E-state index contributed by atoms with van der Waals surface area (Å²) in [6.07, 6.45) is 0. The van der Waals surface area contributed by atoms with Crippen molar-refractivity contribution in [2.75, 3.05) is 35.3 Å². The largest absolute Gasteiger partial charge is 0.494 e. The summed E-state index contributed by atoms with van der Waals surface area (Å²) >= 11 is 0. The standard InChI is InChI=1S/C24H31N3O4/c1-6-30-19-10-7-17(8-11-19)25-23(29)26-18-9-12-20-21(13-18)31-15-24(4,5)22(28)27(20)14-16(2)3/h7-13,16H,6,14-15H2,1-5H3,(H2,25,26,29). The highest BCUT2D eigenvalue weighted by Crippen LogP contribution is 2.38. The predicted molar refractivity (Wildman–Crippen MR) is 123 cm³/mol. The van der Waals surface area contributed by atoms with Gasteiger partial charge in [0.25, 0.3) is 0 Å². The number of nitrogens with zero attached hydrogens (tertiary/aromatic N) is 1. The topological polar surface area (TPSA) is 79.9 Å². The smallest absolute Gasteiger partial charge is 0.323 e. The molecule has 0 unspecified atom stereocenters. The summed E-state index contributed by atoms with van der Waals surface area (Å²) in [4.78, 5) is 27.3. The van der Waals surface area contributed by atoms with Crippen LogP contribution in [-0.2, 0) is 4.79 Å². The van der Waals surface area contributed by atoms with Crippen LogP contribution in [0.2, 0.25) is 0 Å². The molecule has 0 fully saturated rings. The van der Waals surface area contributed by atoms with Crippen LogP contribution in [0.3, 0.4) is 0 Å². The average Bonchev–Trinajstić information content (AvgIpc) is 2.79. The molecule has 166 valence electrons. The number of anilines is 3. The Morgan fingerprint density at radius 1 is 1.13 bits per heavy atom. The van der Waals surface area contributed by atoms with Crippen molar-refractivity contribution in [2.24, 2.45) is 11.3 Å². The van der Waals surface area contributed by atoms with Gasteiger partial charge in [0, 0.05) is 24.0 Å². The maximum Gasteiger partial charge on any atom is 0.323 e. The second-order valence-corrected chi connectivity index (χ2v) is 8.70. The van der Waals surface area contributed by atoms with Crippen LogP contribution in [0.4, 0.5) is 21.9 Å².